The van der Waals surface area contributed by atoms with E-state index in [1.54, 1.807) is 11.3 Å². The van der Waals surface area contributed by atoms with E-state index in [0.29, 0.717) is 12.0 Å². The van der Waals surface area contributed by atoms with Crippen molar-refractivity contribution < 1.29 is 0 Å². The molecule has 3 heteroatoms. The van der Waals surface area contributed by atoms with E-state index in [1.165, 1.54) is 16.1 Å². The zero-order chi connectivity index (χ0) is 13.8. The molecule has 0 saturated carbocycles. The van der Waals surface area contributed by atoms with Crippen LogP contribution in [0, 0.1) is 13.8 Å². The topological polar surface area (TPSA) is 24.9 Å². The van der Waals surface area contributed by atoms with E-state index in [4.69, 9.17) is 0 Å². The van der Waals surface area contributed by atoms with Crippen molar-refractivity contribution in [1.29, 1.82) is 0 Å². The number of aryl methyl sites for hydroxylation is 2. The summed E-state index contributed by atoms with van der Waals surface area (Å²) < 4.78 is 0. The summed E-state index contributed by atoms with van der Waals surface area (Å²) >= 11 is 1.78. The van der Waals surface area contributed by atoms with Crippen molar-refractivity contribution in [3.8, 4) is 0 Å². The fraction of sp³-hybridized carbons (Fsp3) is 0.438. The molecule has 0 radical (unpaired) electrons. The quantitative estimate of drug-likeness (QED) is 0.883. The average Bonchev–Trinajstić information content (AvgIpc) is 2.75. The van der Waals surface area contributed by atoms with E-state index in [9.17, 15) is 0 Å². The highest BCUT2D eigenvalue weighted by Crippen LogP contribution is 2.23. The van der Waals surface area contributed by atoms with Crippen molar-refractivity contribution in [2.75, 3.05) is 6.54 Å². The van der Waals surface area contributed by atoms with Gasteiger partial charge in [0.2, 0.25) is 0 Å². The van der Waals surface area contributed by atoms with Crippen LogP contribution in [0.2, 0.25) is 0 Å². The van der Waals surface area contributed by atoms with Crippen LogP contribution in [0.4, 0.5) is 0 Å². The Kier molecular flexibility index (Phi) is 4.72. The second-order valence-corrected chi connectivity index (χ2v) is 6.52. The maximum atomic E-state index is 4.62. The maximum Gasteiger partial charge on any atom is 0.0900 e. The van der Waals surface area contributed by atoms with Gasteiger partial charge in [0.05, 0.1) is 10.7 Å². The molecule has 0 bridgehead atoms. The third-order valence-corrected chi connectivity index (χ3v) is 4.35. The fourth-order valence-electron chi connectivity index (χ4n) is 2.30. The van der Waals surface area contributed by atoms with Crippen molar-refractivity contribution in [1.82, 2.24) is 10.3 Å². The molecule has 0 aliphatic rings. The summed E-state index contributed by atoms with van der Waals surface area (Å²) in [6.45, 7) is 9.65. The molecule has 0 amide bonds. The van der Waals surface area contributed by atoms with Crippen molar-refractivity contribution >= 4 is 11.3 Å². The SMILES string of the molecule is Cc1nc(C(C)NCC(C)c2ccccc2)c(C)s1. The lowest BCUT2D eigenvalue weighted by Gasteiger charge is -2.17. The van der Waals surface area contributed by atoms with E-state index >= 15 is 0 Å². The minimum atomic E-state index is 0.316. The van der Waals surface area contributed by atoms with Crippen LogP contribution in [0.3, 0.4) is 0 Å². The average molecular weight is 274 g/mol. The molecule has 0 spiro atoms. The van der Waals surface area contributed by atoms with Gasteiger partial charge in [0.15, 0.2) is 0 Å². The Morgan fingerprint density at radius 1 is 1.16 bits per heavy atom. The van der Waals surface area contributed by atoms with E-state index in [1.807, 2.05) is 0 Å². The summed E-state index contributed by atoms with van der Waals surface area (Å²) in [5.74, 6) is 0.517. The highest BCUT2D eigenvalue weighted by Gasteiger charge is 2.14. The van der Waals surface area contributed by atoms with Crippen LogP contribution in [0.1, 0.15) is 46.9 Å². The Bertz CT molecular complexity index is 519. The van der Waals surface area contributed by atoms with E-state index in [2.05, 4.69) is 68.3 Å². The Morgan fingerprint density at radius 3 is 2.42 bits per heavy atom. The summed E-state index contributed by atoms with van der Waals surface area (Å²) in [5.41, 5.74) is 2.58. The minimum Gasteiger partial charge on any atom is -0.308 e. The zero-order valence-electron chi connectivity index (χ0n) is 12.1. The molecule has 19 heavy (non-hydrogen) atoms. The molecule has 102 valence electrons. The summed E-state index contributed by atoms with van der Waals surface area (Å²) in [6, 6.07) is 11.0. The van der Waals surface area contributed by atoms with Gasteiger partial charge < -0.3 is 5.32 Å². The number of nitrogens with zero attached hydrogens (tertiary/aromatic N) is 1. The monoisotopic (exact) mass is 274 g/mol. The summed E-state index contributed by atoms with van der Waals surface area (Å²) in [4.78, 5) is 5.94. The normalized spacial score (nSPS) is 14.3. The van der Waals surface area contributed by atoms with Crippen LogP contribution in [-0.4, -0.2) is 11.5 Å². The molecule has 2 nitrogen and oxygen atoms in total. The molecule has 2 aromatic rings. The molecular weight excluding hydrogens is 252 g/mol. The number of aromatic nitrogens is 1. The number of thiazole rings is 1. The molecule has 1 N–H and O–H groups in total. The van der Waals surface area contributed by atoms with E-state index in [-0.39, 0.29) is 0 Å². The molecule has 0 aliphatic heterocycles. The molecule has 2 atom stereocenters. The first-order valence-electron chi connectivity index (χ1n) is 6.80. The van der Waals surface area contributed by atoms with Gasteiger partial charge in [-0.2, -0.15) is 0 Å². The summed E-state index contributed by atoms with van der Waals surface area (Å²) in [7, 11) is 0. The van der Waals surface area contributed by atoms with Gasteiger partial charge in [0.1, 0.15) is 0 Å². The van der Waals surface area contributed by atoms with Crippen LogP contribution in [-0.2, 0) is 0 Å². The van der Waals surface area contributed by atoms with Crippen molar-refractivity contribution in [3.05, 3.63) is 51.5 Å². The fourth-order valence-corrected chi connectivity index (χ4v) is 3.21. The van der Waals surface area contributed by atoms with Gasteiger partial charge in [-0.05, 0) is 32.3 Å². The summed E-state index contributed by atoms with van der Waals surface area (Å²) in [6.07, 6.45) is 0. The number of nitrogens with one attached hydrogen (secondary N) is 1. The van der Waals surface area contributed by atoms with Crippen molar-refractivity contribution in [2.24, 2.45) is 0 Å². The molecule has 0 fully saturated rings. The second-order valence-electron chi connectivity index (χ2n) is 5.12. The highest BCUT2D eigenvalue weighted by atomic mass is 32.1. The predicted molar refractivity (Wildman–Crippen MR) is 82.9 cm³/mol. The van der Waals surface area contributed by atoms with Gasteiger partial charge in [-0.25, -0.2) is 4.98 Å². The van der Waals surface area contributed by atoms with Gasteiger partial charge >= 0.3 is 0 Å². The van der Waals surface area contributed by atoms with Crippen molar-refractivity contribution in [2.45, 2.75) is 39.7 Å². The predicted octanol–water partition coefficient (Wildman–Crippen LogP) is 4.21. The minimum absolute atomic E-state index is 0.316. The lowest BCUT2D eigenvalue weighted by molar-refractivity contribution is 0.527. The Balaban J connectivity index is 1.94. The van der Waals surface area contributed by atoms with E-state index < -0.39 is 0 Å². The van der Waals surface area contributed by atoms with Gasteiger partial charge in [-0.1, -0.05) is 37.3 Å². The molecule has 0 aliphatic carbocycles. The Morgan fingerprint density at radius 2 is 1.84 bits per heavy atom. The van der Waals surface area contributed by atoms with Gasteiger partial charge in [-0.3, -0.25) is 0 Å². The first kappa shape index (κ1) is 14.2. The smallest absolute Gasteiger partial charge is 0.0900 e. The summed E-state index contributed by atoms with van der Waals surface area (Å²) in [5, 5.41) is 4.75. The first-order chi connectivity index (χ1) is 9.08. The van der Waals surface area contributed by atoms with Crippen LogP contribution >= 0.6 is 11.3 Å². The molecule has 1 heterocycles. The largest absolute Gasteiger partial charge is 0.308 e. The number of hydrogen-bond acceptors (Lipinski definition) is 3. The van der Waals surface area contributed by atoms with Gasteiger partial charge in [0.25, 0.3) is 0 Å². The van der Waals surface area contributed by atoms with Gasteiger partial charge in [0, 0.05) is 17.5 Å². The number of rotatable bonds is 5. The highest BCUT2D eigenvalue weighted by molar-refractivity contribution is 7.11. The van der Waals surface area contributed by atoms with Crippen LogP contribution in [0.25, 0.3) is 0 Å². The third-order valence-electron chi connectivity index (χ3n) is 3.45. The lowest BCUT2D eigenvalue weighted by Crippen LogP contribution is -2.24. The van der Waals surface area contributed by atoms with Crippen LogP contribution < -0.4 is 5.32 Å². The molecule has 1 aromatic heterocycles. The molecule has 2 unspecified atom stereocenters. The van der Waals surface area contributed by atoms with Gasteiger partial charge in [-0.15, -0.1) is 11.3 Å². The van der Waals surface area contributed by atoms with Crippen LogP contribution in [0.5, 0.6) is 0 Å². The lowest BCUT2D eigenvalue weighted by atomic mass is 10.0. The zero-order valence-corrected chi connectivity index (χ0v) is 12.9. The Hall–Kier alpha value is -1.19. The van der Waals surface area contributed by atoms with Crippen molar-refractivity contribution in [3.63, 3.8) is 0 Å². The first-order valence-corrected chi connectivity index (χ1v) is 7.62. The van der Waals surface area contributed by atoms with E-state index in [0.717, 1.165) is 11.6 Å². The molecule has 2 rings (SSSR count). The maximum absolute atomic E-state index is 4.62. The third kappa shape index (κ3) is 3.64. The molecular formula is C16H22N2S. The Labute approximate surface area is 119 Å². The standard InChI is InChI=1S/C16H22N2S/c1-11(15-8-6-5-7-9-15)10-17-12(2)16-13(3)19-14(4)18-16/h5-9,11-12,17H,10H2,1-4H3. The molecule has 1 aromatic carbocycles. The van der Waals surface area contributed by atoms with Crippen LogP contribution in [0.15, 0.2) is 30.3 Å². The number of hydrogen-bond donors (Lipinski definition) is 1. The molecule has 0 saturated heterocycles. The number of benzene rings is 1. The second kappa shape index (κ2) is 6.31.